The molecule has 0 aromatic heterocycles. The van der Waals surface area contributed by atoms with E-state index < -0.39 is 0 Å². The van der Waals surface area contributed by atoms with Crippen molar-refractivity contribution in [3.8, 4) is 11.1 Å². The molecule has 0 aliphatic carbocycles. The SMILES string of the molecule is O=C(NC1CCOC1)c1cccc2c(-c3cccc(C(=O)N4CCCCC4)c3)cccc12. The Morgan fingerprint density at radius 2 is 1.69 bits per heavy atom. The first-order chi connectivity index (χ1) is 15.7. The lowest BCUT2D eigenvalue weighted by Crippen LogP contribution is -2.35. The third-order valence-corrected chi connectivity index (χ3v) is 6.50. The molecule has 0 saturated carbocycles. The standard InChI is InChI=1S/C27H28N2O3/c30-26(28-21-13-16-32-18-21)25-12-6-10-23-22(9-5-11-24(23)25)19-7-4-8-20(17-19)27(31)29-14-2-1-3-15-29/h4-12,17,21H,1-3,13-16,18H2,(H,28,30). The van der Waals surface area contributed by atoms with Gasteiger partial charge >= 0.3 is 0 Å². The van der Waals surface area contributed by atoms with Gasteiger partial charge in [-0.25, -0.2) is 0 Å². The highest BCUT2D eigenvalue weighted by molar-refractivity contribution is 6.10. The number of piperidine rings is 1. The van der Waals surface area contributed by atoms with Crippen molar-refractivity contribution in [1.82, 2.24) is 10.2 Å². The maximum absolute atomic E-state index is 13.0. The molecule has 2 saturated heterocycles. The summed E-state index contributed by atoms with van der Waals surface area (Å²) in [4.78, 5) is 27.9. The average Bonchev–Trinajstić information content (AvgIpc) is 3.36. The van der Waals surface area contributed by atoms with Crippen molar-refractivity contribution >= 4 is 22.6 Å². The second kappa shape index (κ2) is 9.13. The number of hydrogen-bond donors (Lipinski definition) is 1. The Kier molecular flexibility index (Phi) is 5.91. The molecule has 5 nitrogen and oxygen atoms in total. The number of benzene rings is 3. The van der Waals surface area contributed by atoms with Crippen molar-refractivity contribution in [1.29, 1.82) is 0 Å². The fourth-order valence-corrected chi connectivity index (χ4v) is 4.77. The fraction of sp³-hybridized carbons (Fsp3) is 0.333. The van der Waals surface area contributed by atoms with Gasteiger partial charge < -0.3 is 15.0 Å². The van der Waals surface area contributed by atoms with E-state index in [-0.39, 0.29) is 17.9 Å². The highest BCUT2D eigenvalue weighted by Gasteiger charge is 2.21. The molecule has 164 valence electrons. The molecule has 2 amide bonds. The number of carbonyl (C=O) groups is 2. The van der Waals surface area contributed by atoms with Gasteiger partial charge in [-0.3, -0.25) is 9.59 Å². The molecule has 5 heteroatoms. The molecule has 1 unspecified atom stereocenters. The maximum Gasteiger partial charge on any atom is 0.253 e. The number of hydrogen-bond acceptors (Lipinski definition) is 3. The second-order valence-corrected chi connectivity index (χ2v) is 8.67. The molecule has 3 aromatic carbocycles. The molecule has 0 spiro atoms. The number of carbonyl (C=O) groups excluding carboxylic acids is 2. The molecular weight excluding hydrogens is 400 g/mol. The van der Waals surface area contributed by atoms with E-state index in [1.54, 1.807) is 0 Å². The van der Waals surface area contributed by atoms with Gasteiger partial charge in [0.15, 0.2) is 0 Å². The summed E-state index contributed by atoms with van der Waals surface area (Å²) in [6.07, 6.45) is 4.20. The topological polar surface area (TPSA) is 58.6 Å². The lowest BCUT2D eigenvalue weighted by molar-refractivity contribution is 0.0724. The van der Waals surface area contributed by atoms with Crippen molar-refractivity contribution in [2.75, 3.05) is 26.3 Å². The summed E-state index contributed by atoms with van der Waals surface area (Å²) in [5.41, 5.74) is 3.39. The predicted octanol–water partition coefficient (Wildman–Crippen LogP) is 4.65. The van der Waals surface area contributed by atoms with Gasteiger partial charge in [0, 0.05) is 30.8 Å². The van der Waals surface area contributed by atoms with E-state index in [9.17, 15) is 9.59 Å². The minimum Gasteiger partial charge on any atom is -0.379 e. The van der Waals surface area contributed by atoms with Crippen molar-refractivity contribution < 1.29 is 14.3 Å². The van der Waals surface area contributed by atoms with Gasteiger partial charge in [-0.1, -0.05) is 42.5 Å². The summed E-state index contributed by atoms with van der Waals surface area (Å²) in [6.45, 7) is 2.93. The van der Waals surface area contributed by atoms with Crippen molar-refractivity contribution in [2.45, 2.75) is 31.7 Å². The number of nitrogens with one attached hydrogen (secondary N) is 1. The minimum atomic E-state index is -0.0720. The molecule has 32 heavy (non-hydrogen) atoms. The summed E-state index contributed by atoms with van der Waals surface area (Å²) in [7, 11) is 0. The average molecular weight is 429 g/mol. The van der Waals surface area contributed by atoms with Crippen LogP contribution in [0.3, 0.4) is 0 Å². The first kappa shape index (κ1) is 20.7. The quantitative estimate of drug-likeness (QED) is 0.658. The van der Waals surface area contributed by atoms with E-state index in [1.807, 2.05) is 59.5 Å². The van der Waals surface area contributed by atoms with Crippen LogP contribution < -0.4 is 5.32 Å². The van der Waals surface area contributed by atoms with E-state index in [0.717, 1.165) is 59.8 Å². The van der Waals surface area contributed by atoms with Crippen LogP contribution in [-0.2, 0) is 4.74 Å². The third-order valence-electron chi connectivity index (χ3n) is 6.50. The second-order valence-electron chi connectivity index (χ2n) is 8.67. The molecule has 0 radical (unpaired) electrons. The Balaban J connectivity index is 1.48. The fourth-order valence-electron chi connectivity index (χ4n) is 4.77. The van der Waals surface area contributed by atoms with Gasteiger partial charge in [-0.15, -0.1) is 0 Å². The summed E-state index contributed by atoms with van der Waals surface area (Å²) < 4.78 is 5.39. The lowest BCUT2D eigenvalue weighted by atomic mass is 9.94. The number of nitrogens with zero attached hydrogens (tertiary/aromatic N) is 1. The van der Waals surface area contributed by atoms with Gasteiger partial charge in [-0.2, -0.15) is 0 Å². The highest BCUT2D eigenvalue weighted by Crippen LogP contribution is 2.31. The minimum absolute atomic E-state index is 0.0680. The van der Waals surface area contributed by atoms with Crippen LogP contribution in [-0.4, -0.2) is 49.1 Å². The van der Waals surface area contributed by atoms with E-state index in [1.165, 1.54) is 6.42 Å². The zero-order valence-electron chi connectivity index (χ0n) is 18.2. The Morgan fingerprint density at radius 3 is 2.50 bits per heavy atom. The first-order valence-electron chi connectivity index (χ1n) is 11.5. The Bertz CT molecular complexity index is 1140. The molecule has 2 heterocycles. The number of rotatable bonds is 4. The zero-order valence-corrected chi connectivity index (χ0v) is 18.2. The number of likely N-dealkylation sites (tertiary alicyclic amines) is 1. The molecule has 0 bridgehead atoms. The van der Waals surface area contributed by atoms with Gasteiger partial charge in [0.05, 0.1) is 12.6 Å². The third kappa shape index (κ3) is 4.13. The summed E-state index contributed by atoms with van der Waals surface area (Å²) >= 11 is 0. The molecule has 5 rings (SSSR count). The van der Waals surface area contributed by atoms with Crippen LogP contribution in [0.1, 0.15) is 46.4 Å². The Labute approximate surface area is 188 Å². The van der Waals surface area contributed by atoms with Gasteiger partial charge in [0.25, 0.3) is 11.8 Å². The van der Waals surface area contributed by atoms with Crippen LogP contribution in [0.2, 0.25) is 0 Å². The van der Waals surface area contributed by atoms with E-state index in [4.69, 9.17) is 4.74 Å². The summed E-state index contributed by atoms with van der Waals surface area (Å²) in [5.74, 6) is 0.0305. The van der Waals surface area contributed by atoms with E-state index >= 15 is 0 Å². The largest absolute Gasteiger partial charge is 0.379 e. The Hall–Kier alpha value is -3.18. The van der Waals surface area contributed by atoms with Crippen molar-refractivity contribution in [3.05, 3.63) is 71.8 Å². The zero-order chi connectivity index (χ0) is 21.9. The molecular formula is C27H28N2O3. The number of fused-ring (bicyclic) bond motifs is 1. The van der Waals surface area contributed by atoms with E-state index in [2.05, 4.69) is 11.4 Å². The summed E-state index contributed by atoms with van der Waals surface area (Å²) in [5, 5.41) is 5.01. The monoisotopic (exact) mass is 428 g/mol. The maximum atomic E-state index is 13.0. The molecule has 1 N–H and O–H groups in total. The van der Waals surface area contributed by atoms with Crippen LogP contribution in [0.5, 0.6) is 0 Å². The van der Waals surface area contributed by atoms with Gasteiger partial charge in [-0.05, 0) is 65.8 Å². The molecule has 2 aliphatic heterocycles. The van der Waals surface area contributed by atoms with Crippen LogP contribution in [0.25, 0.3) is 21.9 Å². The number of ether oxygens (including phenoxy) is 1. The van der Waals surface area contributed by atoms with Crippen LogP contribution >= 0.6 is 0 Å². The molecule has 1 atom stereocenters. The van der Waals surface area contributed by atoms with Crippen LogP contribution in [0.4, 0.5) is 0 Å². The first-order valence-corrected chi connectivity index (χ1v) is 11.5. The van der Waals surface area contributed by atoms with Gasteiger partial charge in [0.2, 0.25) is 0 Å². The highest BCUT2D eigenvalue weighted by atomic mass is 16.5. The Morgan fingerprint density at radius 1 is 0.906 bits per heavy atom. The predicted molar refractivity (Wildman–Crippen MR) is 126 cm³/mol. The smallest absolute Gasteiger partial charge is 0.253 e. The van der Waals surface area contributed by atoms with Crippen LogP contribution in [0.15, 0.2) is 60.7 Å². The molecule has 2 aliphatic rings. The van der Waals surface area contributed by atoms with Gasteiger partial charge in [0.1, 0.15) is 0 Å². The molecule has 2 fully saturated rings. The van der Waals surface area contributed by atoms with Crippen molar-refractivity contribution in [3.63, 3.8) is 0 Å². The van der Waals surface area contributed by atoms with Crippen LogP contribution in [0, 0.1) is 0 Å². The molecule has 3 aromatic rings. The van der Waals surface area contributed by atoms with Crippen molar-refractivity contribution in [2.24, 2.45) is 0 Å². The van der Waals surface area contributed by atoms with E-state index in [0.29, 0.717) is 18.8 Å². The summed E-state index contributed by atoms with van der Waals surface area (Å²) in [6, 6.07) is 19.8. The normalized spacial score (nSPS) is 18.6. The lowest BCUT2D eigenvalue weighted by Gasteiger charge is -2.26. The number of amides is 2.